The fraction of sp³-hybridized carbons (Fsp3) is 0.500. The Bertz CT molecular complexity index is 895. The summed E-state index contributed by atoms with van der Waals surface area (Å²) >= 11 is 1.16. The molecular weight excluding hydrogens is 378 g/mol. The van der Waals surface area contributed by atoms with E-state index < -0.39 is 16.1 Å². The number of piperazine rings is 1. The van der Waals surface area contributed by atoms with Gasteiger partial charge in [-0.25, -0.2) is 13.2 Å². The monoisotopic (exact) mass is 399 g/mol. The molecule has 2 aromatic heterocycles. The summed E-state index contributed by atoms with van der Waals surface area (Å²) in [6, 6.07) is 1.62. The standard InChI is InChI=1S/C16H21N3O5S2/c1-4-23-16(20)18-5-7-19(8-6-18)26(21,22)14-9-13(10-25-14)15-11(2)12(3)17-24-15/h9-10H,4-8H2,1-3H3. The molecule has 0 spiro atoms. The Balaban J connectivity index is 1.74. The summed E-state index contributed by atoms with van der Waals surface area (Å²) in [7, 11) is -3.61. The molecular formula is C16H21N3O5S2. The molecule has 0 bridgehead atoms. The van der Waals surface area contributed by atoms with Gasteiger partial charge in [-0.05, 0) is 26.8 Å². The highest BCUT2D eigenvalue weighted by Gasteiger charge is 2.32. The number of rotatable bonds is 4. The largest absolute Gasteiger partial charge is 0.450 e. The zero-order valence-electron chi connectivity index (χ0n) is 14.9. The maximum atomic E-state index is 12.9. The molecule has 1 amide bonds. The van der Waals surface area contributed by atoms with E-state index in [0.29, 0.717) is 31.0 Å². The summed E-state index contributed by atoms with van der Waals surface area (Å²) in [6.45, 7) is 6.90. The molecule has 0 aliphatic carbocycles. The van der Waals surface area contributed by atoms with Crippen molar-refractivity contribution < 1.29 is 22.5 Å². The Hall–Kier alpha value is -1.91. The van der Waals surface area contributed by atoms with Crippen LogP contribution in [0.25, 0.3) is 11.3 Å². The first-order valence-electron chi connectivity index (χ1n) is 8.28. The number of amides is 1. The molecule has 142 valence electrons. The van der Waals surface area contributed by atoms with Gasteiger partial charge in [0, 0.05) is 42.7 Å². The fourth-order valence-corrected chi connectivity index (χ4v) is 5.44. The molecule has 1 aliphatic rings. The van der Waals surface area contributed by atoms with Crippen LogP contribution in [0.1, 0.15) is 18.2 Å². The van der Waals surface area contributed by atoms with Crippen LogP contribution in [0.15, 0.2) is 20.2 Å². The average molecular weight is 399 g/mol. The zero-order valence-corrected chi connectivity index (χ0v) is 16.5. The third kappa shape index (κ3) is 3.49. The van der Waals surface area contributed by atoms with Crippen LogP contribution >= 0.6 is 11.3 Å². The Morgan fingerprint density at radius 3 is 2.58 bits per heavy atom. The van der Waals surface area contributed by atoms with Gasteiger partial charge in [-0.15, -0.1) is 11.3 Å². The van der Waals surface area contributed by atoms with Gasteiger partial charge in [-0.1, -0.05) is 5.16 Å². The van der Waals surface area contributed by atoms with Crippen molar-refractivity contribution >= 4 is 27.5 Å². The predicted octanol–water partition coefficient (Wildman–Crippen LogP) is 2.48. The van der Waals surface area contributed by atoms with Gasteiger partial charge in [0.05, 0.1) is 12.3 Å². The summed E-state index contributed by atoms with van der Waals surface area (Å²) in [5.74, 6) is 0.590. The van der Waals surface area contributed by atoms with Crippen molar-refractivity contribution in [3.63, 3.8) is 0 Å². The van der Waals surface area contributed by atoms with Crippen molar-refractivity contribution in [2.24, 2.45) is 0 Å². The number of carbonyl (C=O) groups excluding carboxylic acids is 1. The minimum atomic E-state index is -3.61. The van der Waals surface area contributed by atoms with Gasteiger partial charge in [0.25, 0.3) is 10.0 Å². The Morgan fingerprint density at radius 1 is 1.31 bits per heavy atom. The van der Waals surface area contributed by atoms with Crippen LogP contribution in [-0.2, 0) is 14.8 Å². The Morgan fingerprint density at radius 2 is 2.00 bits per heavy atom. The number of aromatic nitrogens is 1. The summed E-state index contributed by atoms with van der Waals surface area (Å²) in [6.07, 6.45) is -0.404. The SMILES string of the molecule is CCOC(=O)N1CCN(S(=O)(=O)c2cc(-c3onc(C)c3C)cs2)CC1. The molecule has 0 saturated carbocycles. The van der Waals surface area contributed by atoms with Crippen molar-refractivity contribution in [1.29, 1.82) is 0 Å². The van der Waals surface area contributed by atoms with Crippen LogP contribution in [0.2, 0.25) is 0 Å². The van der Waals surface area contributed by atoms with Gasteiger partial charge in [0.15, 0.2) is 5.76 Å². The van der Waals surface area contributed by atoms with Crippen molar-refractivity contribution in [1.82, 2.24) is 14.4 Å². The molecule has 1 fully saturated rings. The maximum Gasteiger partial charge on any atom is 0.409 e. The number of sulfonamides is 1. The first-order valence-corrected chi connectivity index (χ1v) is 10.6. The normalized spacial score (nSPS) is 16.0. The highest BCUT2D eigenvalue weighted by atomic mass is 32.2. The summed E-state index contributed by atoms with van der Waals surface area (Å²) < 4.78 is 37.7. The van der Waals surface area contributed by atoms with Crippen molar-refractivity contribution in [2.45, 2.75) is 25.0 Å². The van der Waals surface area contributed by atoms with E-state index in [2.05, 4.69) is 5.16 Å². The first-order chi connectivity index (χ1) is 12.3. The molecule has 3 heterocycles. The van der Waals surface area contributed by atoms with E-state index in [4.69, 9.17) is 9.26 Å². The van der Waals surface area contributed by atoms with Crippen LogP contribution in [0, 0.1) is 13.8 Å². The Labute approximate surface area is 156 Å². The third-order valence-electron chi connectivity index (χ3n) is 4.35. The van der Waals surface area contributed by atoms with E-state index in [1.54, 1.807) is 18.4 Å². The minimum absolute atomic E-state index is 0.245. The van der Waals surface area contributed by atoms with Gasteiger partial charge < -0.3 is 14.2 Å². The van der Waals surface area contributed by atoms with Crippen molar-refractivity contribution in [2.75, 3.05) is 32.8 Å². The van der Waals surface area contributed by atoms with E-state index in [-0.39, 0.29) is 17.3 Å². The highest BCUT2D eigenvalue weighted by molar-refractivity contribution is 7.91. The average Bonchev–Trinajstić information content (AvgIpc) is 3.23. The quantitative estimate of drug-likeness (QED) is 0.784. The lowest BCUT2D eigenvalue weighted by Crippen LogP contribution is -2.50. The van der Waals surface area contributed by atoms with Crippen LogP contribution in [0.5, 0.6) is 0 Å². The highest BCUT2D eigenvalue weighted by Crippen LogP contribution is 2.33. The molecule has 1 saturated heterocycles. The summed E-state index contributed by atoms with van der Waals surface area (Å²) in [5.41, 5.74) is 2.39. The lowest BCUT2D eigenvalue weighted by Gasteiger charge is -2.32. The number of hydrogen-bond donors (Lipinski definition) is 0. The van der Waals surface area contributed by atoms with Crippen molar-refractivity contribution in [3.8, 4) is 11.3 Å². The second kappa shape index (κ2) is 7.37. The molecule has 0 radical (unpaired) electrons. The molecule has 2 aromatic rings. The molecule has 0 atom stereocenters. The predicted molar refractivity (Wildman–Crippen MR) is 96.6 cm³/mol. The maximum absolute atomic E-state index is 12.9. The van der Waals surface area contributed by atoms with E-state index in [1.165, 1.54) is 9.21 Å². The topological polar surface area (TPSA) is 93.0 Å². The molecule has 1 aliphatic heterocycles. The number of ether oxygens (including phenoxy) is 1. The van der Waals surface area contributed by atoms with Crippen LogP contribution < -0.4 is 0 Å². The van der Waals surface area contributed by atoms with E-state index in [1.807, 2.05) is 13.8 Å². The number of nitrogens with zero attached hydrogens (tertiary/aromatic N) is 3. The minimum Gasteiger partial charge on any atom is -0.450 e. The van der Waals surface area contributed by atoms with Gasteiger partial charge in [-0.3, -0.25) is 0 Å². The Kier molecular flexibility index (Phi) is 5.35. The van der Waals surface area contributed by atoms with Gasteiger partial charge in [-0.2, -0.15) is 4.31 Å². The number of aryl methyl sites for hydroxylation is 1. The van der Waals surface area contributed by atoms with Gasteiger partial charge in [0.1, 0.15) is 4.21 Å². The lowest BCUT2D eigenvalue weighted by atomic mass is 10.1. The van der Waals surface area contributed by atoms with E-state index in [0.717, 1.165) is 22.6 Å². The molecule has 3 rings (SSSR count). The van der Waals surface area contributed by atoms with Gasteiger partial charge in [0.2, 0.25) is 0 Å². The molecule has 0 aromatic carbocycles. The molecule has 10 heteroatoms. The second-order valence-electron chi connectivity index (χ2n) is 5.97. The van der Waals surface area contributed by atoms with Crippen molar-refractivity contribution in [3.05, 3.63) is 22.7 Å². The number of carbonyl (C=O) groups is 1. The zero-order chi connectivity index (χ0) is 18.9. The molecule has 8 nitrogen and oxygen atoms in total. The third-order valence-corrected chi connectivity index (χ3v) is 7.67. The van der Waals surface area contributed by atoms with Crippen LogP contribution in [-0.4, -0.2) is 61.7 Å². The fourth-order valence-electron chi connectivity index (χ4n) is 2.71. The van der Waals surface area contributed by atoms with Crippen LogP contribution in [0.3, 0.4) is 0 Å². The summed E-state index contributed by atoms with van der Waals surface area (Å²) in [5, 5.41) is 5.67. The van der Waals surface area contributed by atoms with E-state index >= 15 is 0 Å². The molecule has 0 N–H and O–H groups in total. The van der Waals surface area contributed by atoms with Gasteiger partial charge >= 0.3 is 6.09 Å². The number of hydrogen-bond acceptors (Lipinski definition) is 7. The van der Waals surface area contributed by atoms with E-state index in [9.17, 15) is 13.2 Å². The second-order valence-corrected chi connectivity index (χ2v) is 9.04. The molecule has 26 heavy (non-hydrogen) atoms. The van der Waals surface area contributed by atoms with Crippen LogP contribution in [0.4, 0.5) is 4.79 Å². The number of thiophene rings is 1. The lowest BCUT2D eigenvalue weighted by molar-refractivity contribution is 0.0934. The molecule has 0 unspecified atom stereocenters. The smallest absolute Gasteiger partial charge is 0.409 e. The first kappa shape index (κ1) is 18.9. The summed E-state index contributed by atoms with van der Waals surface area (Å²) in [4.78, 5) is 13.3.